The van der Waals surface area contributed by atoms with E-state index < -0.39 is 5.97 Å². The van der Waals surface area contributed by atoms with E-state index in [1.807, 2.05) is 4.57 Å². The molecule has 0 radical (unpaired) electrons. The van der Waals surface area contributed by atoms with Gasteiger partial charge in [0.2, 0.25) is 0 Å². The molecule has 0 fully saturated rings. The number of nitrogens with zero attached hydrogens (tertiary/aromatic N) is 2. The fourth-order valence-corrected chi connectivity index (χ4v) is 1.97. The van der Waals surface area contributed by atoms with E-state index in [-0.39, 0.29) is 10.6 Å². The first-order valence-electron chi connectivity index (χ1n) is 5.56. The fourth-order valence-electron chi connectivity index (χ4n) is 1.78. The zero-order valence-corrected chi connectivity index (χ0v) is 10.8. The van der Waals surface area contributed by atoms with Gasteiger partial charge < -0.3 is 9.67 Å². The Morgan fingerprint density at radius 2 is 2.17 bits per heavy atom. The standard InChI is InChI=1S/C13H13ClN2O2/c1-8(2)12-6-15-7-16(12)9-3-4-11(14)10(5-9)13(17)18/h3-8H,1-2H3,(H,17,18). The lowest BCUT2D eigenvalue weighted by Gasteiger charge is -2.11. The van der Waals surface area contributed by atoms with Crippen LogP contribution in [-0.4, -0.2) is 20.6 Å². The monoisotopic (exact) mass is 264 g/mol. The molecule has 5 heteroatoms. The van der Waals surface area contributed by atoms with Gasteiger partial charge in [-0.15, -0.1) is 0 Å². The number of aromatic carboxylic acids is 1. The summed E-state index contributed by atoms with van der Waals surface area (Å²) in [6, 6.07) is 4.92. The molecule has 2 aromatic rings. The molecule has 0 spiro atoms. The van der Waals surface area contributed by atoms with Crippen LogP contribution in [0.2, 0.25) is 5.02 Å². The third-order valence-electron chi connectivity index (χ3n) is 2.72. The van der Waals surface area contributed by atoms with E-state index in [9.17, 15) is 4.79 Å². The summed E-state index contributed by atoms with van der Waals surface area (Å²) in [7, 11) is 0. The highest BCUT2D eigenvalue weighted by atomic mass is 35.5. The Balaban J connectivity index is 2.54. The summed E-state index contributed by atoms with van der Waals surface area (Å²) in [5, 5.41) is 9.29. The molecule has 94 valence electrons. The quantitative estimate of drug-likeness (QED) is 0.925. The van der Waals surface area contributed by atoms with Crippen molar-refractivity contribution < 1.29 is 9.90 Å². The number of hydrogen-bond donors (Lipinski definition) is 1. The average molecular weight is 265 g/mol. The van der Waals surface area contributed by atoms with E-state index in [1.54, 1.807) is 30.7 Å². The third kappa shape index (κ3) is 2.24. The molecule has 1 aromatic heterocycles. The Morgan fingerprint density at radius 3 is 2.78 bits per heavy atom. The average Bonchev–Trinajstić information content (AvgIpc) is 2.78. The van der Waals surface area contributed by atoms with Gasteiger partial charge in [-0.25, -0.2) is 9.78 Å². The number of aromatic nitrogens is 2. The highest BCUT2D eigenvalue weighted by Crippen LogP contribution is 2.23. The van der Waals surface area contributed by atoms with Crippen LogP contribution in [0.5, 0.6) is 0 Å². The van der Waals surface area contributed by atoms with Gasteiger partial charge in [-0.1, -0.05) is 25.4 Å². The van der Waals surface area contributed by atoms with Crippen molar-refractivity contribution in [1.29, 1.82) is 0 Å². The second kappa shape index (κ2) is 4.82. The van der Waals surface area contributed by atoms with Gasteiger partial charge >= 0.3 is 5.97 Å². The van der Waals surface area contributed by atoms with Crippen LogP contribution in [0.3, 0.4) is 0 Å². The van der Waals surface area contributed by atoms with Crippen LogP contribution in [-0.2, 0) is 0 Å². The molecule has 1 N–H and O–H groups in total. The zero-order chi connectivity index (χ0) is 13.3. The van der Waals surface area contributed by atoms with Crippen LogP contribution in [0.15, 0.2) is 30.7 Å². The minimum atomic E-state index is -1.03. The van der Waals surface area contributed by atoms with Gasteiger partial charge in [-0.05, 0) is 24.1 Å². The van der Waals surface area contributed by atoms with Crippen LogP contribution in [0, 0.1) is 0 Å². The van der Waals surface area contributed by atoms with E-state index in [0.29, 0.717) is 5.92 Å². The molecule has 18 heavy (non-hydrogen) atoms. The van der Waals surface area contributed by atoms with Crippen molar-refractivity contribution in [1.82, 2.24) is 9.55 Å². The van der Waals surface area contributed by atoms with Gasteiger partial charge in [-0.3, -0.25) is 0 Å². The number of rotatable bonds is 3. The maximum Gasteiger partial charge on any atom is 0.337 e. The van der Waals surface area contributed by atoms with E-state index >= 15 is 0 Å². The summed E-state index contributed by atoms with van der Waals surface area (Å²) < 4.78 is 1.87. The molecule has 0 amide bonds. The smallest absolute Gasteiger partial charge is 0.337 e. The first kappa shape index (κ1) is 12.6. The lowest BCUT2D eigenvalue weighted by molar-refractivity contribution is 0.0697. The number of benzene rings is 1. The van der Waals surface area contributed by atoms with Crippen molar-refractivity contribution in [3.8, 4) is 5.69 Å². The Hall–Kier alpha value is -1.81. The number of imidazole rings is 1. The van der Waals surface area contributed by atoms with Crippen LogP contribution < -0.4 is 0 Å². The first-order valence-corrected chi connectivity index (χ1v) is 5.94. The molecule has 0 bridgehead atoms. The van der Waals surface area contributed by atoms with E-state index in [2.05, 4.69) is 18.8 Å². The van der Waals surface area contributed by atoms with Crippen molar-refractivity contribution in [2.45, 2.75) is 19.8 Å². The lowest BCUT2D eigenvalue weighted by atomic mass is 10.1. The molecule has 2 rings (SSSR count). The number of halogens is 1. The lowest BCUT2D eigenvalue weighted by Crippen LogP contribution is -2.04. The van der Waals surface area contributed by atoms with Crippen molar-refractivity contribution in [3.05, 3.63) is 47.0 Å². The van der Waals surface area contributed by atoms with Crippen molar-refractivity contribution in [2.24, 2.45) is 0 Å². The third-order valence-corrected chi connectivity index (χ3v) is 3.05. The van der Waals surface area contributed by atoms with Crippen LogP contribution >= 0.6 is 11.6 Å². The maximum atomic E-state index is 11.1. The van der Waals surface area contributed by atoms with Crippen LogP contribution in [0.25, 0.3) is 5.69 Å². The van der Waals surface area contributed by atoms with Crippen LogP contribution in [0.4, 0.5) is 0 Å². The van der Waals surface area contributed by atoms with Gasteiger partial charge in [-0.2, -0.15) is 0 Å². The molecule has 4 nitrogen and oxygen atoms in total. The molecule has 1 heterocycles. The molecule has 0 atom stereocenters. The minimum Gasteiger partial charge on any atom is -0.478 e. The summed E-state index contributed by atoms with van der Waals surface area (Å²) in [5.41, 5.74) is 1.87. The van der Waals surface area contributed by atoms with Crippen molar-refractivity contribution >= 4 is 17.6 Å². The van der Waals surface area contributed by atoms with E-state index in [1.165, 1.54) is 0 Å². The number of carbonyl (C=O) groups is 1. The number of hydrogen-bond acceptors (Lipinski definition) is 2. The Bertz CT molecular complexity index is 590. The van der Waals surface area contributed by atoms with Gasteiger partial charge in [0.1, 0.15) is 0 Å². The van der Waals surface area contributed by atoms with Crippen molar-refractivity contribution in [3.63, 3.8) is 0 Å². The van der Waals surface area contributed by atoms with Crippen LogP contribution in [0.1, 0.15) is 35.8 Å². The minimum absolute atomic E-state index is 0.0950. The predicted octanol–water partition coefficient (Wildman–Crippen LogP) is 3.35. The van der Waals surface area contributed by atoms with Crippen molar-refractivity contribution in [2.75, 3.05) is 0 Å². The largest absolute Gasteiger partial charge is 0.478 e. The second-order valence-corrected chi connectivity index (χ2v) is 4.72. The predicted molar refractivity (Wildman–Crippen MR) is 69.6 cm³/mol. The second-order valence-electron chi connectivity index (χ2n) is 4.31. The molecule has 1 aromatic carbocycles. The number of carboxylic acids is 1. The SMILES string of the molecule is CC(C)c1cncn1-c1ccc(Cl)c(C(=O)O)c1. The molecule has 0 aliphatic carbocycles. The fraction of sp³-hybridized carbons (Fsp3) is 0.231. The summed E-state index contributed by atoms with van der Waals surface area (Å²) in [6.45, 7) is 4.11. The number of carboxylic acid groups (broad SMARTS) is 1. The summed E-state index contributed by atoms with van der Waals surface area (Å²) in [4.78, 5) is 15.2. The van der Waals surface area contributed by atoms with Gasteiger partial charge in [0.15, 0.2) is 0 Å². The Kier molecular flexibility index (Phi) is 3.39. The topological polar surface area (TPSA) is 55.1 Å². The Morgan fingerprint density at radius 1 is 1.44 bits per heavy atom. The summed E-state index contributed by atoms with van der Waals surface area (Å²) in [5.74, 6) is -0.732. The molecule has 0 aliphatic rings. The van der Waals surface area contributed by atoms with E-state index in [0.717, 1.165) is 11.4 Å². The first-order chi connectivity index (χ1) is 8.50. The zero-order valence-electron chi connectivity index (χ0n) is 10.1. The molecular weight excluding hydrogens is 252 g/mol. The molecular formula is C13H13ClN2O2. The molecule has 0 saturated heterocycles. The molecule has 0 aliphatic heterocycles. The van der Waals surface area contributed by atoms with E-state index in [4.69, 9.17) is 16.7 Å². The Labute approximate surface area is 110 Å². The normalized spacial score (nSPS) is 10.9. The van der Waals surface area contributed by atoms with Gasteiger partial charge in [0, 0.05) is 17.6 Å². The molecule has 0 saturated carbocycles. The van der Waals surface area contributed by atoms with Gasteiger partial charge in [0.05, 0.1) is 16.9 Å². The summed E-state index contributed by atoms with van der Waals surface area (Å²) in [6.07, 6.45) is 3.45. The highest BCUT2D eigenvalue weighted by Gasteiger charge is 2.13. The summed E-state index contributed by atoms with van der Waals surface area (Å²) >= 11 is 5.85. The van der Waals surface area contributed by atoms with Gasteiger partial charge in [0.25, 0.3) is 0 Å². The molecule has 0 unspecified atom stereocenters. The highest BCUT2D eigenvalue weighted by molar-refractivity contribution is 6.33. The maximum absolute atomic E-state index is 11.1.